The number of aromatic amines is 1. The van der Waals surface area contributed by atoms with E-state index in [1.165, 1.54) is 6.07 Å². The Labute approximate surface area is 168 Å². The van der Waals surface area contributed by atoms with Crippen LogP contribution in [0.4, 0.5) is 0 Å². The van der Waals surface area contributed by atoms with E-state index < -0.39 is 17.4 Å². The summed E-state index contributed by atoms with van der Waals surface area (Å²) in [4.78, 5) is 36.5. The maximum Gasteiger partial charge on any atom is 0.305 e. The van der Waals surface area contributed by atoms with Gasteiger partial charge in [0.2, 0.25) is 0 Å². The van der Waals surface area contributed by atoms with Crippen LogP contribution in [0.2, 0.25) is 5.02 Å². The maximum atomic E-state index is 12.4. The third kappa shape index (κ3) is 3.74. The lowest BCUT2D eigenvalue weighted by Gasteiger charge is -2.07. The number of rotatable bonds is 3. The molecule has 2 aromatic carbocycles. The van der Waals surface area contributed by atoms with Crippen molar-refractivity contribution < 1.29 is 14.0 Å². The Morgan fingerprint density at radius 1 is 0.897 bits per heavy atom. The molecule has 4 rings (SSSR count). The molecule has 0 saturated heterocycles. The van der Waals surface area contributed by atoms with Gasteiger partial charge < -0.3 is 4.42 Å². The van der Waals surface area contributed by atoms with E-state index in [1.807, 2.05) is 0 Å². The molecular weight excluding hydrogens is 396 g/mol. The maximum absolute atomic E-state index is 12.4. The Kier molecular flexibility index (Phi) is 4.84. The number of benzene rings is 2. The summed E-state index contributed by atoms with van der Waals surface area (Å²) in [6, 6.07) is 16.6. The molecule has 29 heavy (non-hydrogen) atoms. The van der Waals surface area contributed by atoms with Crippen molar-refractivity contribution in [3.8, 4) is 11.3 Å². The smallest absolute Gasteiger partial charge is 0.305 e. The van der Waals surface area contributed by atoms with Crippen LogP contribution >= 0.6 is 11.6 Å². The predicted octanol–water partition coefficient (Wildman–Crippen LogP) is 2.91. The van der Waals surface area contributed by atoms with E-state index in [1.54, 1.807) is 54.6 Å². The number of furan rings is 1. The number of amides is 2. The van der Waals surface area contributed by atoms with Crippen LogP contribution in [0.25, 0.3) is 22.1 Å². The molecular formula is C20H13ClN4O4. The van der Waals surface area contributed by atoms with E-state index >= 15 is 0 Å². The van der Waals surface area contributed by atoms with Gasteiger partial charge in [-0.25, -0.2) is 5.10 Å². The molecule has 0 aliphatic rings. The molecule has 0 bridgehead atoms. The van der Waals surface area contributed by atoms with Gasteiger partial charge >= 0.3 is 5.91 Å². The molecule has 0 fully saturated rings. The van der Waals surface area contributed by atoms with Crippen LogP contribution in [-0.2, 0) is 0 Å². The normalized spacial score (nSPS) is 10.7. The monoisotopic (exact) mass is 408 g/mol. The van der Waals surface area contributed by atoms with Crippen LogP contribution in [0.3, 0.4) is 0 Å². The second kappa shape index (κ2) is 7.61. The molecule has 0 radical (unpaired) electrons. The number of carbonyl (C=O) groups is 2. The van der Waals surface area contributed by atoms with E-state index in [9.17, 15) is 14.4 Å². The number of fused-ring (bicyclic) bond motifs is 1. The number of hydrogen-bond donors (Lipinski definition) is 3. The van der Waals surface area contributed by atoms with Crippen molar-refractivity contribution in [2.45, 2.75) is 0 Å². The lowest BCUT2D eigenvalue weighted by Crippen LogP contribution is -2.42. The minimum absolute atomic E-state index is 0.00883. The third-order valence-electron chi connectivity index (χ3n) is 4.16. The van der Waals surface area contributed by atoms with Gasteiger partial charge in [-0.15, -0.1) is 0 Å². The quantitative estimate of drug-likeness (QED) is 0.450. The van der Waals surface area contributed by atoms with Gasteiger partial charge in [-0.2, -0.15) is 5.10 Å². The lowest BCUT2D eigenvalue weighted by atomic mass is 10.1. The minimum atomic E-state index is -0.685. The average molecular weight is 409 g/mol. The number of nitrogens with one attached hydrogen (secondary N) is 3. The van der Waals surface area contributed by atoms with Crippen molar-refractivity contribution in [1.29, 1.82) is 0 Å². The van der Waals surface area contributed by atoms with Crippen molar-refractivity contribution in [2.24, 2.45) is 0 Å². The van der Waals surface area contributed by atoms with Crippen LogP contribution in [0.15, 0.2) is 69.9 Å². The molecule has 144 valence electrons. The number of nitrogens with zero attached hydrogens (tertiary/aromatic N) is 1. The summed E-state index contributed by atoms with van der Waals surface area (Å²) in [5.41, 5.74) is 4.84. The summed E-state index contributed by atoms with van der Waals surface area (Å²) in [5.74, 6) is -0.844. The van der Waals surface area contributed by atoms with Crippen LogP contribution in [0.5, 0.6) is 0 Å². The fourth-order valence-corrected chi connectivity index (χ4v) is 2.88. The van der Waals surface area contributed by atoms with E-state index in [-0.39, 0.29) is 11.5 Å². The van der Waals surface area contributed by atoms with Crippen molar-refractivity contribution >= 4 is 34.2 Å². The van der Waals surface area contributed by atoms with Crippen molar-refractivity contribution in [3.05, 3.63) is 87.5 Å². The van der Waals surface area contributed by atoms with E-state index in [2.05, 4.69) is 21.0 Å². The number of halogens is 1. The van der Waals surface area contributed by atoms with E-state index in [4.69, 9.17) is 16.0 Å². The Morgan fingerprint density at radius 2 is 1.59 bits per heavy atom. The van der Waals surface area contributed by atoms with Gasteiger partial charge in [0.05, 0.1) is 5.39 Å². The summed E-state index contributed by atoms with van der Waals surface area (Å²) in [6.07, 6.45) is 0. The molecule has 2 aromatic heterocycles. The van der Waals surface area contributed by atoms with Gasteiger partial charge in [0.25, 0.3) is 11.5 Å². The van der Waals surface area contributed by atoms with Crippen molar-refractivity contribution in [3.63, 3.8) is 0 Å². The Morgan fingerprint density at radius 3 is 2.34 bits per heavy atom. The zero-order chi connectivity index (χ0) is 20.4. The van der Waals surface area contributed by atoms with Gasteiger partial charge in [0.1, 0.15) is 5.76 Å². The predicted molar refractivity (Wildman–Crippen MR) is 106 cm³/mol. The van der Waals surface area contributed by atoms with Crippen molar-refractivity contribution in [2.75, 3.05) is 0 Å². The number of aromatic nitrogens is 2. The Hall–Kier alpha value is -3.91. The summed E-state index contributed by atoms with van der Waals surface area (Å²) >= 11 is 5.86. The highest BCUT2D eigenvalue weighted by atomic mass is 35.5. The van der Waals surface area contributed by atoms with Crippen LogP contribution < -0.4 is 16.4 Å². The highest BCUT2D eigenvalue weighted by Gasteiger charge is 2.17. The first-order valence-corrected chi connectivity index (χ1v) is 8.84. The highest BCUT2D eigenvalue weighted by molar-refractivity contribution is 6.30. The second-order valence-electron chi connectivity index (χ2n) is 6.03. The lowest BCUT2D eigenvalue weighted by molar-refractivity contribution is 0.0829. The van der Waals surface area contributed by atoms with Gasteiger partial charge in [0, 0.05) is 16.0 Å². The second-order valence-corrected chi connectivity index (χ2v) is 6.46. The van der Waals surface area contributed by atoms with Gasteiger partial charge in [-0.1, -0.05) is 29.8 Å². The summed E-state index contributed by atoms with van der Waals surface area (Å²) in [6.45, 7) is 0. The SMILES string of the molecule is O=C(NNC(=O)c1n[nH]c(=O)c2ccccc12)c1ccc(-c2ccc(Cl)cc2)o1. The molecule has 8 nitrogen and oxygen atoms in total. The minimum Gasteiger partial charge on any atom is -0.451 e. The first-order valence-electron chi connectivity index (χ1n) is 8.47. The topological polar surface area (TPSA) is 117 Å². The molecule has 9 heteroatoms. The van der Waals surface area contributed by atoms with E-state index in [0.29, 0.717) is 21.6 Å². The number of H-pyrrole nitrogens is 1. The third-order valence-corrected chi connectivity index (χ3v) is 4.41. The van der Waals surface area contributed by atoms with Crippen LogP contribution in [0.1, 0.15) is 21.0 Å². The Bertz CT molecular complexity index is 1280. The van der Waals surface area contributed by atoms with Crippen LogP contribution in [0, 0.1) is 0 Å². The first kappa shape index (κ1) is 18.5. The summed E-state index contributed by atoms with van der Waals surface area (Å²) in [5, 5.41) is 7.31. The summed E-state index contributed by atoms with van der Waals surface area (Å²) in [7, 11) is 0. The first-order chi connectivity index (χ1) is 14.0. The van der Waals surface area contributed by atoms with Gasteiger partial charge in [-0.05, 0) is 42.5 Å². The van der Waals surface area contributed by atoms with Gasteiger partial charge in [0.15, 0.2) is 11.5 Å². The van der Waals surface area contributed by atoms with Crippen LogP contribution in [-0.4, -0.2) is 22.0 Å². The van der Waals surface area contributed by atoms with E-state index in [0.717, 1.165) is 5.56 Å². The zero-order valence-electron chi connectivity index (χ0n) is 14.7. The molecule has 0 unspecified atom stereocenters. The van der Waals surface area contributed by atoms with Crippen molar-refractivity contribution in [1.82, 2.24) is 21.0 Å². The largest absolute Gasteiger partial charge is 0.451 e. The fraction of sp³-hybridized carbons (Fsp3) is 0. The molecule has 0 spiro atoms. The number of carbonyl (C=O) groups excluding carboxylic acids is 2. The molecule has 3 N–H and O–H groups in total. The molecule has 0 aliphatic carbocycles. The molecule has 0 atom stereocenters. The number of hydrogen-bond acceptors (Lipinski definition) is 5. The zero-order valence-corrected chi connectivity index (χ0v) is 15.5. The molecule has 2 heterocycles. The molecule has 0 saturated carbocycles. The fourth-order valence-electron chi connectivity index (χ4n) is 2.75. The number of hydrazine groups is 1. The standard InChI is InChI=1S/C20H13ClN4O4/c21-12-7-5-11(6-8-12)15-9-10-16(29-15)19(27)24-25-20(28)17-13-3-1-2-4-14(13)18(26)23-22-17/h1-10H,(H,23,26)(H,24,27)(H,25,28). The molecule has 2 amide bonds. The highest BCUT2D eigenvalue weighted by Crippen LogP contribution is 2.23. The molecule has 4 aromatic rings. The molecule has 0 aliphatic heterocycles. The summed E-state index contributed by atoms with van der Waals surface area (Å²) < 4.78 is 5.53. The Balaban J connectivity index is 1.48. The average Bonchev–Trinajstić information content (AvgIpc) is 3.23. The van der Waals surface area contributed by atoms with Gasteiger partial charge in [-0.3, -0.25) is 25.2 Å².